The van der Waals surface area contributed by atoms with Gasteiger partial charge in [-0.3, -0.25) is 19.2 Å². The van der Waals surface area contributed by atoms with Crippen LogP contribution in [-0.4, -0.2) is 49.9 Å². The summed E-state index contributed by atoms with van der Waals surface area (Å²) in [5, 5.41) is 7.39. The van der Waals surface area contributed by atoms with E-state index in [1.165, 1.54) is 0 Å². The molecule has 0 saturated heterocycles. The molecule has 2 rings (SSSR count). The number of hydrogen-bond donors (Lipinski definition) is 3. The first-order valence-electron chi connectivity index (χ1n) is 9.62. The van der Waals surface area contributed by atoms with Gasteiger partial charge in [0.2, 0.25) is 5.91 Å². The Labute approximate surface area is 175 Å². The summed E-state index contributed by atoms with van der Waals surface area (Å²) >= 11 is 0. The van der Waals surface area contributed by atoms with Crippen LogP contribution in [0.4, 0.5) is 0 Å². The topological polar surface area (TPSA) is 114 Å². The summed E-state index contributed by atoms with van der Waals surface area (Å²) in [4.78, 5) is 46.8. The Hall–Kier alpha value is -3.68. The smallest absolute Gasteiger partial charge is 0.325 e. The molecule has 0 aliphatic heterocycles. The number of amides is 3. The van der Waals surface area contributed by atoms with E-state index >= 15 is 0 Å². The zero-order valence-corrected chi connectivity index (χ0v) is 16.8. The maximum atomic E-state index is 12.2. The van der Waals surface area contributed by atoms with Crippen molar-refractivity contribution in [2.24, 2.45) is 0 Å². The molecule has 0 radical (unpaired) electrons. The molecule has 2 aromatic carbocycles. The molecule has 8 nitrogen and oxygen atoms in total. The Bertz CT molecular complexity index is 866. The first-order valence-corrected chi connectivity index (χ1v) is 9.62. The van der Waals surface area contributed by atoms with Crippen LogP contribution in [0.2, 0.25) is 0 Å². The van der Waals surface area contributed by atoms with Crippen molar-refractivity contribution in [3.05, 3.63) is 60.2 Å². The van der Waals surface area contributed by atoms with E-state index in [1.807, 2.05) is 49.4 Å². The van der Waals surface area contributed by atoms with Crippen molar-refractivity contribution in [3.8, 4) is 11.1 Å². The summed E-state index contributed by atoms with van der Waals surface area (Å²) in [6.45, 7) is 1.35. The second kappa shape index (κ2) is 12.0. The number of carbonyl (C=O) groups is 4. The minimum absolute atomic E-state index is 0.188. The highest BCUT2D eigenvalue weighted by molar-refractivity contribution is 5.96. The Morgan fingerprint density at radius 2 is 1.43 bits per heavy atom. The standard InChI is InChI=1S/C22H25N3O5/c1-2-12-23-19(26)13-24-20(27)15-30-21(28)14-25-22(29)18-10-8-17(9-11-18)16-6-4-3-5-7-16/h3-11H,2,12-15H2,1H3,(H,23,26)(H,24,27)(H,25,29). The van der Waals surface area contributed by atoms with E-state index in [1.54, 1.807) is 12.1 Å². The van der Waals surface area contributed by atoms with E-state index < -0.39 is 24.4 Å². The van der Waals surface area contributed by atoms with Crippen molar-refractivity contribution < 1.29 is 23.9 Å². The number of benzene rings is 2. The molecule has 0 unspecified atom stereocenters. The van der Waals surface area contributed by atoms with Crippen molar-refractivity contribution in [1.29, 1.82) is 0 Å². The number of rotatable bonds is 10. The summed E-state index contributed by atoms with van der Waals surface area (Å²) in [5.74, 6) is -2.10. The van der Waals surface area contributed by atoms with Crippen LogP contribution in [0.25, 0.3) is 11.1 Å². The molecule has 158 valence electrons. The minimum Gasteiger partial charge on any atom is -0.454 e. The largest absolute Gasteiger partial charge is 0.454 e. The summed E-state index contributed by atoms with van der Waals surface area (Å²) in [7, 11) is 0. The molecule has 0 aliphatic carbocycles. The molecule has 0 saturated carbocycles. The molecule has 3 N–H and O–H groups in total. The van der Waals surface area contributed by atoms with Crippen LogP contribution in [-0.2, 0) is 19.1 Å². The quantitative estimate of drug-likeness (QED) is 0.510. The molecular formula is C22H25N3O5. The van der Waals surface area contributed by atoms with E-state index in [0.717, 1.165) is 17.5 Å². The minimum atomic E-state index is -0.755. The van der Waals surface area contributed by atoms with Crippen LogP contribution >= 0.6 is 0 Å². The number of hydrogen-bond acceptors (Lipinski definition) is 5. The van der Waals surface area contributed by atoms with E-state index in [2.05, 4.69) is 16.0 Å². The van der Waals surface area contributed by atoms with Gasteiger partial charge in [-0.2, -0.15) is 0 Å². The highest BCUT2D eigenvalue weighted by Crippen LogP contribution is 2.19. The second-order valence-corrected chi connectivity index (χ2v) is 6.41. The molecule has 0 fully saturated rings. The highest BCUT2D eigenvalue weighted by Gasteiger charge is 2.12. The van der Waals surface area contributed by atoms with E-state index in [-0.39, 0.29) is 19.0 Å². The second-order valence-electron chi connectivity index (χ2n) is 6.41. The van der Waals surface area contributed by atoms with E-state index in [9.17, 15) is 19.2 Å². The van der Waals surface area contributed by atoms with Gasteiger partial charge in [0.1, 0.15) is 6.54 Å². The molecule has 0 aromatic heterocycles. The molecule has 30 heavy (non-hydrogen) atoms. The van der Waals surface area contributed by atoms with Gasteiger partial charge in [0.15, 0.2) is 6.61 Å². The van der Waals surface area contributed by atoms with E-state index in [4.69, 9.17) is 4.74 Å². The lowest BCUT2D eigenvalue weighted by Crippen LogP contribution is -2.39. The molecule has 0 aliphatic rings. The van der Waals surface area contributed by atoms with Crippen molar-refractivity contribution >= 4 is 23.7 Å². The van der Waals surface area contributed by atoms with E-state index in [0.29, 0.717) is 12.1 Å². The summed E-state index contributed by atoms with van der Waals surface area (Å²) in [6, 6.07) is 16.7. The molecule has 0 heterocycles. The van der Waals surface area contributed by atoms with Crippen LogP contribution in [0.15, 0.2) is 54.6 Å². The Morgan fingerprint density at radius 3 is 2.10 bits per heavy atom. The van der Waals surface area contributed by atoms with Gasteiger partial charge in [-0.1, -0.05) is 49.4 Å². The molecule has 2 aromatic rings. The van der Waals surface area contributed by atoms with Crippen LogP contribution in [0.5, 0.6) is 0 Å². The number of esters is 1. The molecule has 8 heteroatoms. The monoisotopic (exact) mass is 411 g/mol. The van der Waals surface area contributed by atoms with Crippen LogP contribution in [0, 0.1) is 0 Å². The van der Waals surface area contributed by atoms with Crippen LogP contribution < -0.4 is 16.0 Å². The molecule has 0 atom stereocenters. The lowest BCUT2D eigenvalue weighted by Gasteiger charge is -2.08. The van der Waals surface area contributed by atoms with Crippen molar-refractivity contribution in [1.82, 2.24) is 16.0 Å². The van der Waals surface area contributed by atoms with Gasteiger partial charge >= 0.3 is 5.97 Å². The van der Waals surface area contributed by atoms with Crippen molar-refractivity contribution in [2.45, 2.75) is 13.3 Å². The zero-order valence-electron chi connectivity index (χ0n) is 16.8. The maximum Gasteiger partial charge on any atom is 0.325 e. The van der Waals surface area contributed by atoms with Gasteiger partial charge in [-0.15, -0.1) is 0 Å². The first kappa shape index (κ1) is 22.6. The number of nitrogens with one attached hydrogen (secondary N) is 3. The van der Waals surface area contributed by atoms with Crippen molar-refractivity contribution in [3.63, 3.8) is 0 Å². The van der Waals surface area contributed by atoms with Gasteiger partial charge in [0.25, 0.3) is 11.8 Å². The van der Waals surface area contributed by atoms with Gasteiger partial charge in [-0.25, -0.2) is 0 Å². The molecule has 0 spiro atoms. The fraction of sp³-hybridized carbons (Fsp3) is 0.273. The maximum absolute atomic E-state index is 12.2. The van der Waals surface area contributed by atoms with Crippen molar-refractivity contribution in [2.75, 3.05) is 26.2 Å². The average Bonchev–Trinajstić information content (AvgIpc) is 2.79. The third-order valence-electron chi connectivity index (χ3n) is 4.03. The van der Waals surface area contributed by atoms with Crippen LogP contribution in [0.3, 0.4) is 0 Å². The summed E-state index contributed by atoms with van der Waals surface area (Å²) < 4.78 is 4.78. The lowest BCUT2D eigenvalue weighted by molar-refractivity contribution is -0.147. The van der Waals surface area contributed by atoms with Crippen LogP contribution in [0.1, 0.15) is 23.7 Å². The van der Waals surface area contributed by atoms with Gasteiger partial charge in [0, 0.05) is 12.1 Å². The highest BCUT2D eigenvalue weighted by atomic mass is 16.5. The molecular weight excluding hydrogens is 386 g/mol. The molecule has 0 bridgehead atoms. The SMILES string of the molecule is CCCNC(=O)CNC(=O)COC(=O)CNC(=O)c1ccc(-c2ccccc2)cc1. The number of ether oxygens (including phenoxy) is 1. The fourth-order valence-corrected chi connectivity index (χ4v) is 2.45. The predicted octanol–water partition coefficient (Wildman–Crippen LogP) is 1.27. The predicted molar refractivity (Wildman–Crippen MR) is 111 cm³/mol. The third-order valence-corrected chi connectivity index (χ3v) is 4.03. The number of carbonyl (C=O) groups excluding carboxylic acids is 4. The normalized spacial score (nSPS) is 10.0. The average molecular weight is 411 g/mol. The lowest BCUT2D eigenvalue weighted by atomic mass is 10.0. The first-order chi connectivity index (χ1) is 14.5. The fourth-order valence-electron chi connectivity index (χ4n) is 2.45. The molecule has 3 amide bonds. The Balaban J connectivity index is 1.69. The third kappa shape index (κ3) is 7.75. The summed E-state index contributed by atoms with van der Waals surface area (Å²) in [5.41, 5.74) is 2.41. The summed E-state index contributed by atoms with van der Waals surface area (Å²) in [6.07, 6.45) is 0.792. The Kier molecular flexibility index (Phi) is 9.05. The van der Waals surface area contributed by atoms with Gasteiger partial charge < -0.3 is 20.7 Å². The zero-order chi connectivity index (χ0) is 21.8. The van der Waals surface area contributed by atoms with Gasteiger partial charge in [0.05, 0.1) is 6.54 Å². The Morgan fingerprint density at radius 1 is 0.767 bits per heavy atom. The van der Waals surface area contributed by atoms with Gasteiger partial charge in [-0.05, 0) is 29.7 Å².